The molecule has 0 spiro atoms. The molecule has 0 aliphatic carbocycles. The molecule has 0 bridgehead atoms. The lowest BCUT2D eigenvalue weighted by Crippen LogP contribution is -2.30. The molecule has 1 atom stereocenters. The lowest BCUT2D eigenvalue weighted by Gasteiger charge is -2.18. The van der Waals surface area contributed by atoms with Crippen LogP contribution in [0.15, 0.2) is 48.6 Å². The highest BCUT2D eigenvalue weighted by atomic mass is 16.6. The van der Waals surface area contributed by atoms with Crippen LogP contribution < -0.4 is 0 Å². The number of unbranched alkanes of at least 4 members (excludes halogenated alkanes) is 42. The van der Waals surface area contributed by atoms with Gasteiger partial charge in [-0.15, -0.1) is 0 Å². The highest BCUT2D eigenvalue weighted by Gasteiger charge is 2.19. The van der Waals surface area contributed by atoms with Gasteiger partial charge in [0.15, 0.2) is 6.10 Å². The average molecular weight is 1050 g/mol. The lowest BCUT2D eigenvalue weighted by atomic mass is 10.0. The normalized spacial score (nSPS) is 12.3. The van der Waals surface area contributed by atoms with Crippen LogP contribution >= 0.6 is 0 Å². The van der Waals surface area contributed by atoms with E-state index in [1.54, 1.807) is 0 Å². The number of carbonyl (C=O) groups is 3. The molecule has 1 unspecified atom stereocenters. The monoisotopic (exact) mass is 1050 g/mol. The van der Waals surface area contributed by atoms with Crippen molar-refractivity contribution >= 4 is 17.9 Å². The Bertz CT molecular complexity index is 1300. The minimum absolute atomic E-state index is 0.0722. The van der Waals surface area contributed by atoms with Crippen molar-refractivity contribution in [3.05, 3.63) is 48.6 Å². The lowest BCUT2D eigenvalue weighted by molar-refractivity contribution is -0.167. The Balaban J connectivity index is 4.34. The summed E-state index contributed by atoms with van der Waals surface area (Å²) in [6.07, 6.45) is 79.7. The summed E-state index contributed by atoms with van der Waals surface area (Å²) >= 11 is 0. The maximum Gasteiger partial charge on any atom is 0.306 e. The molecule has 0 aliphatic rings. The number of rotatable bonds is 61. The highest BCUT2D eigenvalue weighted by molar-refractivity contribution is 5.71. The molecule has 0 saturated heterocycles. The first-order valence-corrected chi connectivity index (χ1v) is 33.1. The molecule has 0 aliphatic heterocycles. The Kier molecular flexibility index (Phi) is 61.7. The molecule has 0 aromatic carbocycles. The van der Waals surface area contributed by atoms with Gasteiger partial charge in [-0.05, 0) is 83.5 Å². The molecule has 0 rings (SSSR count). The highest BCUT2D eigenvalue weighted by Crippen LogP contribution is 2.17. The zero-order chi connectivity index (χ0) is 54.3. The fourth-order valence-corrected chi connectivity index (χ4v) is 9.80. The van der Waals surface area contributed by atoms with Crippen molar-refractivity contribution in [2.75, 3.05) is 13.2 Å². The van der Waals surface area contributed by atoms with Crippen LogP contribution in [0.25, 0.3) is 0 Å². The largest absolute Gasteiger partial charge is 0.462 e. The number of hydrogen-bond acceptors (Lipinski definition) is 6. The minimum Gasteiger partial charge on any atom is -0.462 e. The Hall–Kier alpha value is -2.63. The van der Waals surface area contributed by atoms with E-state index < -0.39 is 6.10 Å². The minimum atomic E-state index is -0.776. The maximum atomic E-state index is 12.9. The molecular weight excluding hydrogens is 925 g/mol. The van der Waals surface area contributed by atoms with Gasteiger partial charge >= 0.3 is 17.9 Å². The number of ether oxygens (including phenoxy) is 3. The molecule has 0 saturated carbocycles. The van der Waals surface area contributed by atoms with Crippen LogP contribution in [-0.4, -0.2) is 37.2 Å². The SMILES string of the molecule is CCCCCCC/C=C\C/C=C\CCCCCCCCCCCC(=O)OCC(COC(=O)CCCCCCCCCCCCCCCCC)OC(=O)CCCCCCCCCCC/C=C\C/C=C\CCCCCCC. The van der Waals surface area contributed by atoms with Crippen LogP contribution in [0.1, 0.15) is 355 Å². The third-order valence-corrected chi connectivity index (χ3v) is 14.8. The van der Waals surface area contributed by atoms with E-state index in [2.05, 4.69) is 69.4 Å². The van der Waals surface area contributed by atoms with Crippen LogP contribution in [-0.2, 0) is 28.6 Å². The second-order valence-electron chi connectivity index (χ2n) is 22.4. The van der Waals surface area contributed by atoms with Crippen molar-refractivity contribution < 1.29 is 28.6 Å². The van der Waals surface area contributed by atoms with E-state index in [-0.39, 0.29) is 31.1 Å². The van der Waals surface area contributed by atoms with Crippen molar-refractivity contribution in [1.82, 2.24) is 0 Å². The number of allylic oxidation sites excluding steroid dienone is 8. The summed E-state index contributed by atoms with van der Waals surface area (Å²) in [5.74, 6) is -0.858. The standard InChI is InChI=1S/C69H126O6/c1-4-7-10-13-16-19-22-25-28-30-32-34-36-38-41-44-47-50-53-56-59-62-68(71)74-65-66(64-73-67(70)61-58-55-52-49-46-43-40-27-24-21-18-15-12-9-6-3)75-69(72)63-60-57-54-51-48-45-42-39-37-35-33-31-29-26-23-20-17-14-11-8-5-2/h22-23,25-26,30-33,66H,4-21,24,27-29,34-65H2,1-3H3/b25-22-,26-23-,32-30-,33-31-. The van der Waals surface area contributed by atoms with E-state index in [9.17, 15) is 14.4 Å². The summed E-state index contributed by atoms with van der Waals surface area (Å²) < 4.78 is 17.0. The average Bonchev–Trinajstić information content (AvgIpc) is 3.41. The number of esters is 3. The van der Waals surface area contributed by atoms with Gasteiger partial charge in [-0.1, -0.05) is 301 Å². The quantitative estimate of drug-likeness (QED) is 0.0261. The van der Waals surface area contributed by atoms with E-state index in [1.807, 2.05) is 0 Å². The van der Waals surface area contributed by atoms with Crippen LogP contribution in [0.2, 0.25) is 0 Å². The predicted molar refractivity (Wildman–Crippen MR) is 325 cm³/mol. The predicted octanol–water partition coefficient (Wildman–Crippen LogP) is 22.6. The molecule has 0 heterocycles. The molecule has 438 valence electrons. The molecule has 0 fully saturated rings. The van der Waals surface area contributed by atoms with E-state index >= 15 is 0 Å². The van der Waals surface area contributed by atoms with Gasteiger partial charge in [0.25, 0.3) is 0 Å². The Labute approximate surface area is 467 Å². The van der Waals surface area contributed by atoms with Gasteiger partial charge in [-0.25, -0.2) is 0 Å². The first kappa shape index (κ1) is 72.4. The van der Waals surface area contributed by atoms with Gasteiger partial charge in [0.2, 0.25) is 0 Å². The van der Waals surface area contributed by atoms with Crippen molar-refractivity contribution in [2.24, 2.45) is 0 Å². The Morgan fingerprint density at radius 1 is 0.267 bits per heavy atom. The first-order chi connectivity index (χ1) is 37.0. The summed E-state index contributed by atoms with van der Waals surface area (Å²) in [6.45, 7) is 6.67. The van der Waals surface area contributed by atoms with Crippen molar-refractivity contribution in [3.63, 3.8) is 0 Å². The summed E-state index contributed by atoms with van der Waals surface area (Å²) in [6, 6.07) is 0. The molecular formula is C69H126O6. The van der Waals surface area contributed by atoms with Crippen LogP contribution in [0.3, 0.4) is 0 Å². The molecule has 0 amide bonds. The summed E-state index contributed by atoms with van der Waals surface area (Å²) in [5.41, 5.74) is 0. The van der Waals surface area contributed by atoms with E-state index in [0.717, 1.165) is 70.6 Å². The molecule has 0 aromatic rings. The fourth-order valence-electron chi connectivity index (χ4n) is 9.80. The van der Waals surface area contributed by atoms with Crippen molar-refractivity contribution in [1.29, 1.82) is 0 Å². The summed E-state index contributed by atoms with van der Waals surface area (Å²) in [4.78, 5) is 38.4. The van der Waals surface area contributed by atoms with Crippen molar-refractivity contribution in [2.45, 2.75) is 361 Å². The number of hydrogen-bond donors (Lipinski definition) is 0. The number of carbonyl (C=O) groups excluding carboxylic acids is 3. The van der Waals surface area contributed by atoms with Gasteiger partial charge < -0.3 is 14.2 Å². The maximum absolute atomic E-state index is 12.9. The molecule has 6 nitrogen and oxygen atoms in total. The fraction of sp³-hybridized carbons (Fsp3) is 0.841. The molecule has 0 radical (unpaired) electrons. The Morgan fingerprint density at radius 3 is 0.733 bits per heavy atom. The first-order valence-electron chi connectivity index (χ1n) is 33.1. The van der Waals surface area contributed by atoms with E-state index in [0.29, 0.717) is 19.3 Å². The third-order valence-electron chi connectivity index (χ3n) is 14.8. The molecule has 0 N–H and O–H groups in total. The van der Waals surface area contributed by atoms with Gasteiger partial charge in [-0.2, -0.15) is 0 Å². The smallest absolute Gasteiger partial charge is 0.306 e. The van der Waals surface area contributed by atoms with Gasteiger partial charge in [0.05, 0.1) is 0 Å². The van der Waals surface area contributed by atoms with Crippen LogP contribution in [0.4, 0.5) is 0 Å². The van der Waals surface area contributed by atoms with Gasteiger partial charge in [-0.3, -0.25) is 14.4 Å². The van der Waals surface area contributed by atoms with Crippen molar-refractivity contribution in [3.8, 4) is 0 Å². The zero-order valence-corrected chi connectivity index (χ0v) is 50.3. The van der Waals surface area contributed by atoms with Gasteiger partial charge in [0.1, 0.15) is 13.2 Å². The second-order valence-corrected chi connectivity index (χ2v) is 22.4. The summed E-state index contributed by atoms with van der Waals surface area (Å²) in [5, 5.41) is 0. The molecule has 6 heteroatoms. The topological polar surface area (TPSA) is 78.9 Å². The van der Waals surface area contributed by atoms with Gasteiger partial charge in [0, 0.05) is 19.3 Å². The second kappa shape index (κ2) is 63.9. The summed E-state index contributed by atoms with van der Waals surface area (Å²) in [7, 11) is 0. The molecule has 75 heavy (non-hydrogen) atoms. The van der Waals surface area contributed by atoms with E-state index in [1.165, 1.54) is 244 Å². The third kappa shape index (κ3) is 62.1. The van der Waals surface area contributed by atoms with Crippen LogP contribution in [0, 0.1) is 0 Å². The van der Waals surface area contributed by atoms with E-state index in [4.69, 9.17) is 14.2 Å². The zero-order valence-electron chi connectivity index (χ0n) is 50.3. The van der Waals surface area contributed by atoms with Crippen LogP contribution in [0.5, 0.6) is 0 Å². The molecule has 0 aromatic heterocycles. The Morgan fingerprint density at radius 2 is 0.480 bits per heavy atom.